The molecular formula is C28H32O2. The summed E-state index contributed by atoms with van der Waals surface area (Å²) in [6, 6.07) is 16.1. The number of carbonyl (C=O) groups is 1. The monoisotopic (exact) mass is 400 g/mol. The van der Waals surface area contributed by atoms with Crippen LogP contribution in [-0.2, 0) is 0 Å². The Bertz CT molecular complexity index is 1040. The van der Waals surface area contributed by atoms with Gasteiger partial charge in [0.1, 0.15) is 6.10 Å². The van der Waals surface area contributed by atoms with Gasteiger partial charge in [0.15, 0.2) is 5.78 Å². The van der Waals surface area contributed by atoms with Crippen LogP contribution in [0.3, 0.4) is 0 Å². The van der Waals surface area contributed by atoms with E-state index in [1.165, 1.54) is 11.1 Å². The summed E-state index contributed by atoms with van der Waals surface area (Å²) in [4.78, 5) is 13.6. The molecule has 2 atom stereocenters. The summed E-state index contributed by atoms with van der Waals surface area (Å²) in [5.41, 5.74) is 10.2. The van der Waals surface area contributed by atoms with Crippen molar-refractivity contribution >= 4 is 5.78 Å². The highest BCUT2D eigenvalue weighted by atomic mass is 16.3. The molecule has 0 amide bonds. The van der Waals surface area contributed by atoms with Gasteiger partial charge in [-0.1, -0.05) is 54.1 Å². The molecule has 0 heterocycles. The lowest BCUT2D eigenvalue weighted by molar-refractivity contribution is 0.0713. The molecule has 0 bridgehead atoms. The first-order valence-electron chi connectivity index (χ1n) is 10.6. The molecule has 2 heteroatoms. The van der Waals surface area contributed by atoms with E-state index >= 15 is 0 Å². The zero-order valence-electron chi connectivity index (χ0n) is 19.1. The maximum atomic E-state index is 13.6. The van der Waals surface area contributed by atoms with Crippen LogP contribution in [0.2, 0.25) is 0 Å². The normalized spacial score (nSPS) is 13.2. The van der Waals surface area contributed by atoms with Crippen molar-refractivity contribution < 1.29 is 9.90 Å². The van der Waals surface area contributed by atoms with Crippen molar-refractivity contribution in [1.29, 1.82) is 0 Å². The van der Waals surface area contributed by atoms with Gasteiger partial charge in [-0.05, 0) is 93.0 Å². The van der Waals surface area contributed by atoms with Gasteiger partial charge in [0.05, 0.1) is 0 Å². The van der Waals surface area contributed by atoms with Crippen LogP contribution in [0.1, 0.15) is 66.3 Å². The predicted octanol–water partition coefficient (Wildman–Crippen LogP) is 6.22. The lowest BCUT2D eigenvalue weighted by Crippen LogP contribution is -2.31. The van der Waals surface area contributed by atoms with Gasteiger partial charge in [-0.3, -0.25) is 4.79 Å². The van der Waals surface area contributed by atoms with E-state index in [9.17, 15) is 9.90 Å². The Hall–Kier alpha value is -2.71. The highest BCUT2D eigenvalue weighted by Crippen LogP contribution is 2.37. The summed E-state index contributed by atoms with van der Waals surface area (Å²) in [6.45, 7) is 14.3. The van der Waals surface area contributed by atoms with E-state index in [1.807, 2.05) is 63.2 Å². The number of ketones is 1. The number of Topliss-reactive ketones (excluding diaryl/α,β-unsaturated/α-hetero) is 1. The second-order valence-electron chi connectivity index (χ2n) is 8.65. The van der Waals surface area contributed by atoms with Crippen LogP contribution >= 0.6 is 0 Å². The van der Waals surface area contributed by atoms with Gasteiger partial charge in [-0.25, -0.2) is 0 Å². The minimum atomic E-state index is -1.16. The van der Waals surface area contributed by atoms with Crippen molar-refractivity contribution in [2.75, 3.05) is 0 Å². The van der Waals surface area contributed by atoms with Gasteiger partial charge >= 0.3 is 0 Å². The van der Waals surface area contributed by atoms with Gasteiger partial charge in [-0.2, -0.15) is 0 Å². The largest absolute Gasteiger partial charge is 0.384 e. The van der Waals surface area contributed by atoms with E-state index in [1.54, 1.807) is 0 Å². The molecule has 3 aromatic carbocycles. The van der Waals surface area contributed by atoms with Crippen molar-refractivity contribution in [2.45, 2.75) is 60.5 Å². The van der Waals surface area contributed by atoms with Crippen molar-refractivity contribution in [3.05, 3.63) is 104 Å². The molecule has 0 aliphatic heterocycles. The van der Waals surface area contributed by atoms with Crippen molar-refractivity contribution in [1.82, 2.24) is 0 Å². The Morgan fingerprint density at radius 2 is 1.23 bits per heavy atom. The van der Waals surface area contributed by atoms with Crippen LogP contribution in [0.4, 0.5) is 0 Å². The summed E-state index contributed by atoms with van der Waals surface area (Å²) >= 11 is 0. The maximum Gasteiger partial charge on any atom is 0.192 e. The fourth-order valence-corrected chi connectivity index (χ4v) is 4.75. The lowest BCUT2D eigenvalue weighted by atomic mass is 9.77. The zero-order chi connectivity index (χ0) is 22.2. The van der Waals surface area contributed by atoms with E-state index in [4.69, 9.17) is 0 Å². The molecule has 0 saturated heterocycles. The Kier molecular flexibility index (Phi) is 6.28. The summed E-state index contributed by atoms with van der Waals surface area (Å²) in [5.74, 6) is -0.630. The minimum Gasteiger partial charge on any atom is -0.384 e. The average Bonchev–Trinajstić information content (AvgIpc) is 2.69. The van der Waals surface area contributed by atoms with Gasteiger partial charge < -0.3 is 5.11 Å². The molecule has 156 valence electrons. The van der Waals surface area contributed by atoms with Crippen molar-refractivity contribution in [2.24, 2.45) is 0 Å². The highest BCUT2D eigenvalue weighted by molar-refractivity contribution is 6.02. The molecule has 0 radical (unpaired) electrons. The van der Waals surface area contributed by atoms with Crippen LogP contribution in [0.15, 0.2) is 48.5 Å². The van der Waals surface area contributed by atoms with E-state index in [0.717, 1.165) is 38.9 Å². The molecule has 1 N–H and O–H groups in total. The lowest BCUT2D eigenvalue weighted by Gasteiger charge is -2.29. The topological polar surface area (TPSA) is 37.3 Å². The van der Waals surface area contributed by atoms with Gasteiger partial charge in [0.2, 0.25) is 0 Å². The van der Waals surface area contributed by atoms with Crippen LogP contribution in [-0.4, -0.2) is 17.0 Å². The molecule has 0 saturated carbocycles. The number of aliphatic hydroxyl groups is 1. The Morgan fingerprint density at radius 3 is 1.73 bits per heavy atom. The molecular weight excluding hydrogens is 368 g/mol. The standard InChI is InChI=1S/C28H32O2/c1-16-13-19(4)24(20(5)14-16)27(29)28(30)26(23-11-9-8-10-12-23)25-21(6)17(2)15-18(3)22(25)7/h8-15,26,28,30H,1-7H3/t26-,28+/m1/s1. The zero-order valence-corrected chi connectivity index (χ0v) is 19.1. The first kappa shape index (κ1) is 22.0. The van der Waals surface area contributed by atoms with Gasteiger partial charge in [0.25, 0.3) is 0 Å². The van der Waals surface area contributed by atoms with Gasteiger partial charge in [0, 0.05) is 11.5 Å². The number of hydrogen-bond acceptors (Lipinski definition) is 2. The number of hydrogen-bond donors (Lipinski definition) is 1. The van der Waals surface area contributed by atoms with Crippen LogP contribution in [0.25, 0.3) is 0 Å². The Morgan fingerprint density at radius 1 is 0.733 bits per heavy atom. The van der Waals surface area contributed by atoms with E-state index < -0.39 is 12.0 Å². The summed E-state index contributed by atoms with van der Waals surface area (Å²) in [6.07, 6.45) is -1.16. The number of carbonyl (C=O) groups excluding carboxylic acids is 1. The number of aliphatic hydroxyl groups excluding tert-OH is 1. The third kappa shape index (κ3) is 3.97. The fourth-order valence-electron chi connectivity index (χ4n) is 4.75. The summed E-state index contributed by atoms with van der Waals surface area (Å²) in [7, 11) is 0. The minimum absolute atomic E-state index is 0.211. The second-order valence-corrected chi connectivity index (χ2v) is 8.65. The molecule has 0 fully saturated rings. The Labute approximate surface area is 180 Å². The molecule has 0 aliphatic carbocycles. The predicted molar refractivity (Wildman–Crippen MR) is 125 cm³/mol. The average molecular weight is 401 g/mol. The molecule has 30 heavy (non-hydrogen) atoms. The molecule has 3 rings (SSSR count). The fraction of sp³-hybridized carbons (Fsp3) is 0.321. The second kappa shape index (κ2) is 8.57. The van der Waals surface area contributed by atoms with Crippen molar-refractivity contribution in [3.63, 3.8) is 0 Å². The van der Waals surface area contributed by atoms with E-state index in [-0.39, 0.29) is 5.78 Å². The summed E-state index contributed by atoms with van der Waals surface area (Å²) in [5, 5.41) is 11.5. The van der Waals surface area contributed by atoms with Crippen LogP contribution < -0.4 is 0 Å². The van der Waals surface area contributed by atoms with Crippen LogP contribution in [0.5, 0.6) is 0 Å². The summed E-state index contributed by atoms with van der Waals surface area (Å²) < 4.78 is 0. The molecule has 3 aromatic rings. The number of benzene rings is 3. The molecule has 0 aliphatic rings. The molecule has 2 nitrogen and oxygen atoms in total. The van der Waals surface area contributed by atoms with Crippen LogP contribution in [0, 0.1) is 48.5 Å². The SMILES string of the molecule is Cc1cc(C)c(C(=O)[C@@H](O)[C@H](c2ccccc2)c2c(C)c(C)cc(C)c2C)c(C)c1. The molecule has 0 spiro atoms. The molecule has 0 aromatic heterocycles. The van der Waals surface area contributed by atoms with Gasteiger partial charge in [-0.15, -0.1) is 0 Å². The third-order valence-electron chi connectivity index (χ3n) is 6.40. The third-order valence-corrected chi connectivity index (χ3v) is 6.40. The maximum absolute atomic E-state index is 13.6. The first-order valence-corrected chi connectivity index (χ1v) is 10.6. The number of aryl methyl sites for hydroxylation is 5. The van der Waals surface area contributed by atoms with Crippen molar-refractivity contribution in [3.8, 4) is 0 Å². The smallest absolute Gasteiger partial charge is 0.192 e. The van der Waals surface area contributed by atoms with E-state index in [2.05, 4.69) is 33.8 Å². The first-order chi connectivity index (χ1) is 14.1. The van der Waals surface area contributed by atoms with E-state index in [0.29, 0.717) is 5.56 Å². The molecule has 0 unspecified atom stereocenters. The number of rotatable bonds is 5. The highest BCUT2D eigenvalue weighted by Gasteiger charge is 2.33. The Balaban J connectivity index is 2.22. The quantitative estimate of drug-likeness (QED) is 0.516.